The molecule has 1 amide bonds. The molecule has 32 heavy (non-hydrogen) atoms. The Hall–Kier alpha value is -3.59. The molecule has 164 valence electrons. The van der Waals surface area contributed by atoms with Crippen LogP contribution in [0, 0.1) is 19.7 Å². The van der Waals surface area contributed by atoms with Gasteiger partial charge in [-0.1, -0.05) is 0 Å². The Balaban J connectivity index is 1.43. The molecule has 0 atom stereocenters. The number of benzene rings is 1. The number of hydrogen-bond donors (Lipinski definition) is 1. The van der Waals surface area contributed by atoms with Crippen molar-refractivity contribution in [1.82, 2.24) is 19.7 Å². The molecule has 1 saturated heterocycles. The van der Waals surface area contributed by atoms with Gasteiger partial charge in [0.25, 0.3) is 5.91 Å². The van der Waals surface area contributed by atoms with Gasteiger partial charge in [-0.15, -0.1) is 5.10 Å². The van der Waals surface area contributed by atoms with Crippen LogP contribution in [-0.2, 0) is 4.74 Å². The maximum atomic E-state index is 14.6. The van der Waals surface area contributed by atoms with Crippen LogP contribution in [0.3, 0.4) is 0 Å². The number of oxazole rings is 1. The number of nitrogens with zero attached hydrogens (tertiary/aromatic N) is 4. The first kappa shape index (κ1) is 20.3. The lowest BCUT2D eigenvalue weighted by molar-refractivity contribution is 0.0853. The largest absolute Gasteiger partial charge is 0.436 e. The van der Waals surface area contributed by atoms with E-state index in [-0.39, 0.29) is 11.4 Å². The summed E-state index contributed by atoms with van der Waals surface area (Å²) in [5.41, 5.74) is 2.78. The molecule has 0 radical (unpaired) electrons. The van der Waals surface area contributed by atoms with Crippen molar-refractivity contribution in [2.24, 2.45) is 0 Å². The summed E-state index contributed by atoms with van der Waals surface area (Å²) in [7, 11) is 0. The topological polar surface area (TPSA) is 95.1 Å². The summed E-state index contributed by atoms with van der Waals surface area (Å²) in [5.74, 6) is 0.0232. The quantitative estimate of drug-likeness (QED) is 0.513. The Kier molecular flexibility index (Phi) is 5.18. The molecule has 1 aromatic carbocycles. The third-order valence-corrected chi connectivity index (χ3v) is 5.63. The smallest absolute Gasteiger partial charge is 0.293 e. The molecule has 1 N–H and O–H groups in total. The Morgan fingerprint density at radius 1 is 1.22 bits per heavy atom. The van der Waals surface area contributed by atoms with Crippen molar-refractivity contribution in [3.05, 3.63) is 65.4 Å². The number of fused-ring (bicyclic) bond motifs is 1. The molecule has 0 unspecified atom stereocenters. The minimum Gasteiger partial charge on any atom is -0.436 e. The van der Waals surface area contributed by atoms with E-state index in [1.807, 2.05) is 6.20 Å². The van der Waals surface area contributed by atoms with Crippen LogP contribution in [0.25, 0.3) is 16.7 Å². The maximum Gasteiger partial charge on any atom is 0.293 e. The number of carbonyl (C=O) groups excluding carboxylic acids is 1. The second kappa shape index (κ2) is 8.16. The molecular formula is C23H22FN5O3. The van der Waals surface area contributed by atoms with E-state index < -0.39 is 11.7 Å². The normalized spacial score (nSPS) is 14.7. The van der Waals surface area contributed by atoms with Crippen LogP contribution in [0.2, 0.25) is 0 Å². The summed E-state index contributed by atoms with van der Waals surface area (Å²) in [6.45, 7) is 4.86. The molecule has 9 heteroatoms. The maximum absolute atomic E-state index is 14.6. The third kappa shape index (κ3) is 3.87. The van der Waals surface area contributed by atoms with Crippen LogP contribution in [0.5, 0.6) is 0 Å². The number of amides is 1. The fraction of sp³-hybridized carbons (Fsp3) is 0.304. The zero-order valence-corrected chi connectivity index (χ0v) is 17.8. The summed E-state index contributed by atoms with van der Waals surface area (Å²) >= 11 is 0. The molecular weight excluding hydrogens is 413 g/mol. The molecule has 0 saturated carbocycles. The number of hydrogen-bond acceptors (Lipinski definition) is 6. The second-order valence-corrected chi connectivity index (χ2v) is 7.91. The zero-order valence-electron chi connectivity index (χ0n) is 17.8. The average molecular weight is 435 g/mol. The molecule has 1 aliphatic rings. The third-order valence-electron chi connectivity index (χ3n) is 5.63. The molecule has 1 fully saturated rings. The monoisotopic (exact) mass is 435 g/mol. The van der Waals surface area contributed by atoms with E-state index in [0.29, 0.717) is 28.8 Å². The number of ether oxygens (including phenoxy) is 1. The molecule has 5 rings (SSSR count). The standard InChI is InChI=1S/C23H22FN5O3/c1-13-21(32-14(2)26-13)23(30)27-18-3-4-19(24)20(10-18)29-12-17-9-16(11-25-22(17)28-29)15-5-7-31-8-6-15/h3-4,9-12,15H,5-8H2,1-2H3,(H,27,30). The Morgan fingerprint density at radius 3 is 2.78 bits per heavy atom. The number of anilines is 1. The summed E-state index contributed by atoms with van der Waals surface area (Å²) in [4.78, 5) is 21.1. The zero-order chi connectivity index (χ0) is 22.2. The van der Waals surface area contributed by atoms with E-state index in [1.165, 1.54) is 22.9 Å². The van der Waals surface area contributed by atoms with Gasteiger partial charge in [-0.05, 0) is 55.5 Å². The Morgan fingerprint density at radius 2 is 2.03 bits per heavy atom. The first-order valence-electron chi connectivity index (χ1n) is 10.5. The van der Waals surface area contributed by atoms with Crippen molar-refractivity contribution in [3.63, 3.8) is 0 Å². The predicted molar refractivity (Wildman–Crippen MR) is 116 cm³/mol. The predicted octanol–water partition coefficient (Wildman–Crippen LogP) is 4.31. The number of rotatable bonds is 4. The second-order valence-electron chi connectivity index (χ2n) is 7.91. The summed E-state index contributed by atoms with van der Waals surface area (Å²) < 4.78 is 26.9. The molecule has 3 aromatic heterocycles. The van der Waals surface area contributed by atoms with E-state index in [0.717, 1.165) is 37.0 Å². The molecule has 4 heterocycles. The van der Waals surface area contributed by atoms with Crippen molar-refractivity contribution in [1.29, 1.82) is 0 Å². The molecule has 0 bridgehead atoms. The molecule has 0 aliphatic carbocycles. The van der Waals surface area contributed by atoms with E-state index in [9.17, 15) is 9.18 Å². The van der Waals surface area contributed by atoms with Gasteiger partial charge in [0.05, 0.1) is 5.69 Å². The van der Waals surface area contributed by atoms with Gasteiger partial charge < -0.3 is 14.5 Å². The number of carbonyl (C=O) groups is 1. The Labute approximate surface area is 183 Å². The van der Waals surface area contributed by atoms with Crippen molar-refractivity contribution in [3.8, 4) is 5.69 Å². The minimum atomic E-state index is -0.466. The van der Waals surface area contributed by atoms with E-state index in [2.05, 4.69) is 26.4 Å². The number of nitrogens with one attached hydrogen (secondary N) is 1. The lowest BCUT2D eigenvalue weighted by Gasteiger charge is -2.21. The van der Waals surface area contributed by atoms with Gasteiger partial charge in [0.15, 0.2) is 11.5 Å². The lowest BCUT2D eigenvalue weighted by Crippen LogP contribution is -2.14. The van der Waals surface area contributed by atoms with Crippen molar-refractivity contribution < 1.29 is 18.3 Å². The minimum absolute atomic E-state index is 0.128. The highest BCUT2D eigenvalue weighted by molar-refractivity contribution is 6.03. The van der Waals surface area contributed by atoms with Crippen LogP contribution in [0.4, 0.5) is 10.1 Å². The number of pyridine rings is 1. The average Bonchev–Trinajstić information content (AvgIpc) is 3.37. The molecule has 0 spiro atoms. The highest BCUT2D eigenvalue weighted by Crippen LogP contribution is 2.29. The molecule has 4 aromatic rings. The van der Waals surface area contributed by atoms with Crippen LogP contribution in [-0.4, -0.2) is 38.9 Å². The highest BCUT2D eigenvalue weighted by atomic mass is 19.1. The van der Waals surface area contributed by atoms with Crippen LogP contribution >= 0.6 is 0 Å². The summed E-state index contributed by atoms with van der Waals surface area (Å²) in [5, 5.41) is 7.98. The highest BCUT2D eigenvalue weighted by Gasteiger charge is 2.19. The van der Waals surface area contributed by atoms with E-state index in [1.54, 1.807) is 20.0 Å². The van der Waals surface area contributed by atoms with Gasteiger partial charge in [0, 0.05) is 43.6 Å². The van der Waals surface area contributed by atoms with Crippen molar-refractivity contribution in [2.45, 2.75) is 32.6 Å². The van der Waals surface area contributed by atoms with Crippen LogP contribution in [0.1, 0.15) is 46.5 Å². The van der Waals surface area contributed by atoms with Crippen LogP contribution < -0.4 is 5.32 Å². The first-order valence-corrected chi connectivity index (χ1v) is 10.5. The number of aryl methyl sites for hydroxylation is 2. The van der Waals surface area contributed by atoms with Gasteiger partial charge in [-0.3, -0.25) is 4.79 Å². The SMILES string of the molecule is Cc1nc(C)c(C(=O)Nc2ccc(F)c(-n3cc4cc(C5CCOCC5)cnc4n3)c2)o1. The molecule has 1 aliphatic heterocycles. The summed E-state index contributed by atoms with van der Waals surface area (Å²) in [6, 6.07) is 6.36. The van der Waals surface area contributed by atoms with Gasteiger partial charge in [0.2, 0.25) is 5.76 Å². The first-order chi connectivity index (χ1) is 15.5. The van der Waals surface area contributed by atoms with Gasteiger partial charge >= 0.3 is 0 Å². The lowest BCUT2D eigenvalue weighted by atomic mass is 9.93. The fourth-order valence-corrected chi connectivity index (χ4v) is 4.01. The Bertz CT molecular complexity index is 1310. The van der Waals surface area contributed by atoms with E-state index in [4.69, 9.17) is 9.15 Å². The number of aromatic nitrogens is 4. The molecule has 8 nitrogen and oxygen atoms in total. The van der Waals surface area contributed by atoms with Gasteiger partial charge in [-0.25, -0.2) is 19.0 Å². The van der Waals surface area contributed by atoms with Crippen molar-refractivity contribution >= 4 is 22.6 Å². The van der Waals surface area contributed by atoms with Gasteiger partial charge in [-0.2, -0.15) is 0 Å². The number of halogens is 1. The van der Waals surface area contributed by atoms with Crippen molar-refractivity contribution in [2.75, 3.05) is 18.5 Å². The van der Waals surface area contributed by atoms with Gasteiger partial charge in [0.1, 0.15) is 11.5 Å². The van der Waals surface area contributed by atoms with Crippen LogP contribution in [0.15, 0.2) is 41.1 Å². The van der Waals surface area contributed by atoms with E-state index >= 15 is 0 Å². The fourth-order valence-electron chi connectivity index (χ4n) is 4.01. The summed E-state index contributed by atoms with van der Waals surface area (Å²) in [6.07, 6.45) is 5.51.